The molecule has 6 rings (SSSR count). The summed E-state index contributed by atoms with van der Waals surface area (Å²) in [6.07, 6.45) is 1.65. The lowest BCUT2D eigenvalue weighted by molar-refractivity contribution is -0.135. The Kier molecular flexibility index (Phi) is 4.50. The highest BCUT2D eigenvalue weighted by atomic mass is 16.5. The van der Waals surface area contributed by atoms with Crippen LogP contribution in [0.15, 0.2) is 76.1 Å². The van der Waals surface area contributed by atoms with Crippen LogP contribution in [-0.2, 0) is 4.79 Å². The van der Waals surface area contributed by atoms with Crippen molar-refractivity contribution >= 4 is 27.8 Å². The maximum atomic E-state index is 13.1. The number of benzene rings is 3. The maximum absolute atomic E-state index is 13.1. The van der Waals surface area contributed by atoms with Gasteiger partial charge in [0.15, 0.2) is 16.9 Å². The van der Waals surface area contributed by atoms with Crippen molar-refractivity contribution in [3.63, 3.8) is 0 Å². The third-order valence-corrected chi connectivity index (χ3v) is 6.22. The number of hydrogen-bond donors (Lipinski definition) is 3. The summed E-state index contributed by atoms with van der Waals surface area (Å²) in [4.78, 5) is 30.2. The van der Waals surface area contributed by atoms with Gasteiger partial charge in [0.05, 0.1) is 11.9 Å². The van der Waals surface area contributed by atoms with Crippen molar-refractivity contribution in [3.05, 3.63) is 88.2 Å². The number of phenolic OH excluding ortho intramolecular Hbond substituents is 3. The molecule has 0 amide bonds. The van der Waals surface area contributed by atoms with Crippen molar-refractivity contribution in [2.45, 2.75) is 12.3 Å². The Morgan fingerprint density at radius 2 is 1.71 bits per heavy atom. The molecule has 0 bridgehead atoms. The van der Waals surface area contributed by atoms with Crippen LogP contribution in [0.2, 0.25) is 0 Å². The zero-order valence-electron chi connectivity index (χ0n) is 18.1. The van der Waals surface area contributed by atoms with E-state index in [1.165, 1.54) is 30.3 Å². The molecule has 1 aliphatic rings. The second kappa shape index (κ2) is 7.59. The first-order valence-electron chi connectivity index (χ1n) is 10.8. The SMILES string of the molecule is O=C1CC(c2cccc3cccnc23)c2c(cc(O)c3c(=O)cc(-c4ccc(O)c(O)c4)oc23)O1. The molecule has 0 saturated heterocycles. The summed E-state index contributed by atoms with van der Waals surface area (Å²) in [5.74, 6) is -1.91. The van der Waals surface area contributed by atoms with Crippen LogP contribution in [0.25, 0.3) is 33.2 Å². The van der Waals surface area contributed by atoms with E-state index in [1.54, 1.807) is 6.20 Å². The number of esters is 1. The average molecular weight is 467 g/mol. The number of para-hydroxylation sites is 1. The van der Waals surface area contributed by atoms with Crippen LogP contribution < -0.4 is 10.2 Å². The number of hydrogen-bond acceptors (Lipinski definition) is 8. The first-order valence-corrected chi connectivity index (χ1v) is 10.8. The third-order valence-electron chi connectivity index (χ3n) is 6.22. The number of aromatic nitrogens is 1. The van der Waals surface area contributed by atoms with Gasteiger partial charge in [-0.25, -0.2) is 0 Å². The normalized spacial score (nSPS) is 15.2. The topological polar surface area (TPSA) is 130 Å². The molecule has 0 radical (unpaired) electrons. The molecule has 1 atom stereocenters. The van der Waals surface area contributed by atoms with E-state index in [0.717, 1.165) is 10.9 Å². The fraction of sp³-hybridized carbons (Fsp3) is 0.0741. The second-order valence-corrected chi connectivity index (χ2v) is 8.34. The number of carbonyl (C=O) groups is 1. The van der Waals surface area contributed by atoms with Crippen LogP contribution in [0, 0.1) is 0 Å². The van der Waals surface area contributed by atoms with Gasteiger partial charge in [0.25, 0.3) is 0 Å². The van der Waals surface area contributed by atoms with Gasteiger partial charge in [-0.1, -0.05) is 24.3 Å². The Bertz CT molecular complexity index is 1730. The Balaban J connectivity index is 1.68. The quantitative estimate of drug-likeness (QED) is 0.196. The third kappa shape index (κ3) is 3.26. The maximum Gasteiger partial charge on any atom is 0.312 e. The fourth-order valence-corrected chi connectivity index (χ4v) is 4.65. The van der Waals surface area contributed by atoms with Crippen molar-refractivity contribution in [3.8, 4) is 34.3 Å². The van der Waals surface area contributed by atoms with Gasteiger partial charge >= 0.3 is 5.97 Å². The highest BCUT2D eigenvalue weighted by molar-refractivity contribution is 5.94. The molecule has 0 saturated carbocycles. The fourth-order valence-electron chi connectivity index (χ4n) is 4.65. The summed E-state index contributed by atoms with van der Waals surface area (Å²) in [5, 5.41) is 31.0. The molecule has 0 aliphatic carbocycles. The van der Waals surface area contributed by atoms with Gasteiger partial charge in [-0.2, -0.15) is 0 Å². The summed E-state index contributed by atoms with van der Waals surface area (Å²) in [7, 11) is 0. The molecule has 0 fully saturated rings. The molecule has 172 valence electrons. The van der Waals surface area contributed by atoms with Crippen molar-refractivity contribution < 1.29 is 29.3 Å². The van der Waals surface area contributed by atoms with Crippen LogP contribution in [0.3, 0.4) is 0 Å². The number of pyridine rings is 1. The molecule has 8 heteroatoms. The number of nitrogens with zero attached hydrogens (tertiary/aromatic N) is 1. The second-order valence-electron chi connectivity index (χ2n) is 8.34. The highest BCUT2D eigenvalue weighted by Gasteiger charge is 2.34. The molecule has 1 unspecified atom stereocenters. The van der Waals surface area contributed by atoms with Crippen LogP contribution in [-0.4, -0.2) is 26.3 Å². The Morgan fingerprint density at radius 3 is 2.54 bits per heavy atom. The first-order chi connectivity index (χ1) is 16.9. The average Bonchev–Trinajstić information content (AvgIpc) is 2.84. The van der Waals surface area contributed by atoms with Crippen LogP contribution in [0.5, 0.6) is 23.0 Å². The molecule has 3 N–H and O–H groups in total. The van der Waals surface area contributed by atoms with E-state index in [2.05, 4.69) is 4.98 Å². The van der Waals surface area contributed by atoms with E-state index in [0.29, 0.717) is 16.6 Å². The van der Waals surface area contributed by atoms with E-state index in [-0.39, 0.29) is 46.1 Å². The minimum atomic E-state index is -0.556. The number of phenols is 3. The molecule has 0 spiro atoms. The number of carbonyl (C=O) groups excluding carboxylic acids is 1. The Hall–Kier alpha value is -4.85. The molecular formula is C27H17NO7. The van der Waals surface area contributed by atoms with Gasteiger partial charge in [-0.15, -0.1) is 0 Å². The largest absolute Gasteiger partial charge is 0.507 e. The zero-order chi connectivity index (χ0) is 24.3. The van der Waals surface area contributed by atoms with Crippen molar-refractivity contribution in [1.29, 1.82) is 0 Å². The molecule has 2 aromatic heterocycles. The first kappa shape index (κ1) is 20.7. The Morgan fingerprint density at radius 1 is 0.886 bits per heavy atom. The standard InChI is InChI=1S/C27H17NO7/c29-17-7-6-14(9-18(17)30)21-11-19(31)25-20(32)12-22-24(27(25)35-21)16(10-23(33)34-22)15-5-1-3-13-4-2-8-28-26(13)15/h1-9,11-12,16,29-30,32H,10H2. The predicted molar refractivity (Wildman–Crippen MR) is 127 cm³/mol. The van der Waals surface area contributed by atoms with E-state index in [4.69, 9.17) is 9.15 Å². The molecule has 5 aromatic rings. The van der Waals surface area contributed by atoms with Crippen LogP contribution in [0.1, 0.15) is 23.5 Å². The van der Waals surface area contributed by atoms with Crippen molar-refractivity contribution in [2.24, 2.45) is 0 Å². The molecule has 3 aromatic carbocycles. The lowest BCUT2D eigenvalue weighted by atomic mass is 9.84. The van der Waals surface area contributed by atoms with E-state index in [1.807, 2.05) is 30.3 Å². The summed E-state index contributed by atoms with van der Waals surface area (Å²) in [6, 6.07) is 15.9. The summed E-state index contributed by atoms with van der Waals surface area (Å²) in [5.41, 5.74) is 1.79. The van der Waals surface area contributed by atoms with Gasteiger partial charge in [0, 0.05) is 40.8 Å². The molecular weight excluding hydrogens is 450 g/mol. The molecule has 8 nitrogen and oxygen atoms in total. The van der Waals surface area contributed by atoms with Crippen molar-refractivity contribution in [2.75, 3.05) is 0 Å². The molecule has 1 aliphatic heterocycles. The van der Waals surface area contributed by atoms with Crippen molar-refractivity contribution in [1.82, 2.24) is 4.98 Å². The van der Waals surface area contributed by atoms with E-state index >= 15 is 0 Å². The number of fused-ring (bicyclic) bond motifs is 4. The van der Waals surface area contributed by atoms with Gasteiger partial charge < -0.3 is 24.5 Å². The Labute approximate surface area is 197 Å². The van der Waals surface area contributed by atoms with Gasteiger partial charge in [0.2, 0.25) is 0 Å². The number of ether oxygens (including phenoxy) is 1. The monoisotopic (exact) mass is 467 g/mol. The highest BCUT2D eigenvalue weighted by Crippen LogP contribution is 2.47. The molecule has 3 heterocycles. The summed E-state index contributed by atoms with van der Waals surface area (Å²) in [6.45, 7) is 0. The van der Waals surface area contributed by atoms with Gasteiger partial charge in [-0.3, -0.25) is 14.6 Å². The minimum Gasteiger partial charge on any atom is -0.507 e. The van der Waals surface area contributed by atoms with Gasteiger partial charge in [0.1, 0.15) is 28.2 Å². The van der Waals surface area contributed by atoms with E-state index < -0.39 is 17.3 Å². The van der Waals surface area contributed by atoms with Crippen LogP contribution >= 0.6 is 0 Å². The lowest BCUT2D eigenvalue weighted by Crippen LogP contribution is -2.22. The van der Waals surface area contributed by atoms with Gasteiger partial charge in [-0.05, 0) is 29.8 Å². The number of rotatable bonds is 2. The summed E-state index contributed by atoms with van der Waals surface area (Å²) >= 11 is 0. The number of aromatic hydroxyl groups is 3. The minimum absolute atomic E-state index is 0.0174. The smallest absolute Gasteiger partial charge is 0.312 e. The van der Waals surface area contributed by atoms with Crippen LogP contribution in [0.4, 0.5) is 0 Å². The van der Waals surface area contributed by atoms with E-state index in [9.17, 15) is 24.9 Å². The zero-order valence-corrected chi connectivity index (χ0v) is 18.1. The summed E-state index contributed by atoms with van der Waals surface area (Å²) < 4.78 is 11.6. The predicted octanol–water partition coefficient (Wildman–Crippen LogP) is 4.57. The lowest BCUT2D eigenvalue weighted by Gasteiger charge is -2.26. The molecule has 35 heavy (non-hydrogen) atoms.